The summed E-state index contributed by atoms with van der Waals surface area (Å²) in [6.45, 7) is 4.22. The van der Waals surface area contributed by atoms with Crippen molar-refractivity contribution >= 4 is 10.2 Å². The van der Waals surface area contributed by atoms with Gasteiger partial charge in [0.05, 0.1) is 0 Å². The van der Waals surface area contributed by atoms with Gasteiger partial charge in [0.25, 0.3) is 0 Å². The van der Waals surface area contributed by atoms with Gasteiger partial charge in [-0.05, 0) is 6.04 Å². The Labute approximate surface area is 154 Å². The normalized spacial score (nSPS) is 11.5. The van der Waals surface area contributed by atoms with E-state index in [0.717, 1.165) is 6.42 Å². The van der Waals surface area contributed by atoms with Crippen molar-refractivity contribution in [3.63, 3.8) is 0 Å². The molecule has 0 nitrogen and oxygen atoms in total. The summed E-state index contributed by atoms with van der Waals surface area (Å²) in [5.41, 5.74) is 4.13. The average Bonchev–Trinajstić information content (AvgIpc) is 2.65. The van der Waals surface area contributed by atoms with Crippen LogP contribution in [-0.4, -0.2) is 10.2 Å². The maximum absolute atomic E-state index is 3.19. The van der Waals surface area contributed by atoms with Crippen LogP contribution < -0.4 is 34.0 Å². The molecule has 0 aliphatic heterocycles. The van der Waals surface area contributed by atoms with Crippen molar-refractivity contribution in [2.75, 3.05) is 0 Å². The average molecular weight is 553 g/mol. The molecular weight excluding hydrogens is 535 g/mol. The molecule has 0 bridgehead atoms. The number of hydrogen-bond donors (Lipinski definition) is 0. The first-order valence-corrected chi connectivity index (χ1v) is 6.31. The molecule has 0 spiro atoms. The van der Waals surface area contributed by atoms with Crippen LogP contribution >= 0.6 is 0 Å². The molecule has 0 N–H and O–H groups in total. The largest absolute Gasteiger partial charge is 1.00 e. The van der Waals surface area contributed by atoms with Crippen molar-refractivity contribution < 1.29 is 59.8 Å². The second-order valence-corrected chi connectivity index (χ2v) is 4.13. The Bertz CT molecular complexity index is 345. The van der Waals surface area contributed by atoms with Gasteiger partial charge < -0.3 is 34.0 Å². The van der Waals surface area contributed by atoms with Gasteiger partial charge in [0.15, 0.2) is 0 Å². The standard InChI is InChI=1S/C7H9Si.C7H9.2BrH.Hf/c8-6-7-4-2-1-3-5-7;1-6-4-3-5-7(6)2;;;/h1-5H,6,8H2;4H,3H2,1-2H3;2*1H;/q;-1;;;/p-2. The van der Waals surface area contributed by atoms with Crippen LogP contribution in [0.4, 0.5) is 0 Å². The predicted octanol–water partition coefficient (Wildman–Crippen LogP) is -3.09. The van der Waals surface area contributed by atoms with Crippen LogP contribution in [0.3, 0.4) is 0 Å². The molecule has 1 aromatic carbocycles. The molecule has 0 aromatic heterocycles. The molecule has 1 aliphatic rings. The first-order valence-electron chi connectivity index (χ1n) is 5.31. The van der Waals surface area contributed by atoms with Gasteiger partial charge in [0.1, 0.15) is 0 Å². The maximum atomic E-state index is 3.19. The van der Waals surface area contributed by atoms with Gasteiger partial charge in [-0.1, -0.05) is 42.8 Å². The van der Waals surface area contributed by atoms with Gasteiger partial charge in [0, 0.05) is 36.1 Å². The minimum atomic E-state index is 0. The van der Waals surface area contributed by atoms with Crippen LogP contribution in [0.1, 0.15) is 25.8 Å². The third kappa shape index (κ3) is 9.65. The van der Waals surface area contributed by atoms with E-state index in [4.69, 9.17) is 0 Å². The Balaban J connectivity index is -0.000000215. The fraction of sp³-hybridized carbons (Fsp3) is 0.286. The molecule has 0 fully saturated rings. The molecule has 0 heterocycles. The molecule has 2 rings (SSSR count). The number of benzene rings is 1. The van der Waals surface area contributed by atoms with Crippen LogP contribution in [0.5, 0.6) is 0 Å². The zero-order valence-corrected chi connectivity index (χ0v) is 19.0. The summed E-state index contributed by atoms with van der Waals surface area (Å²) in [6, 6.07) is 11.6. The van der Waals surface area contributed by atoms with Crippen LogP contribution in [0.2, 0.25) is 0 Å². The van der Waals surface area contributed by atoms with Crippen molar-refractivity contribution in [2.45, 2.75) is 26.3 Å². The summed E-state index contributed by atoms with van der Waals surface area (Å²) in [5.74, 6) is 0. The number of rotatable bonds is 1. The van der Waals surface area contributed by atoms with Crippen LogP contribution in [0, 0.1) is 6.08 Å². The second kappa shape index (κ2) is 14.2. The van der Waals surface area contributed by atoms with Crippen LogP contribution in [0.25, 0.3) is 0 Å². The van der Waals surface area contributed by atoms with Gasteiger partial charge in [-0.25, -0.2) is 11.1 Å². The van der Waals surface area contributed by atoms with Gasteiger partial charge in [-0.3, -0.25) is 6.08 Å². The summed E-state index contributed by atoms with van der Waals surface area (Å²) in [5, 5.41) is 0. The molecule has 1 aromatic rings. The van der Waals surface area contributed by atoms with Gasteiger partial charge in [-0.2, -0.15) is 6.08 Å². The van der Waals surface area contributed by atoms with Crippen molar-refractivity contribution in [3.05, 3.63) is 59.2 Å². The van der Waals surface area contributed by atoms with E-state index in [1.165, 1.54) is 22.8 Å². The van der Waals surface area contributed by atoms with Crippen LogP contribution in [0.15, 0.2) is 47.6 Å². The van der Waals surface area contributed by atoms with Gasteiger partial charge in [0.2, 0.25) is 0 Å². The molecule has 99 valence electrons. The molecule has 0 saturated carbocycles. The number of halogens is 2. The smallest absolute Gasteiger partial charge is 0.0138 e. The van der Waals surface area contributed by atoms with E-state index in [1.807, 2.05) is 16.3 Å². The molecule has 1 radical (unpaired) electrons. The van der Waals surface area contributed by atoms with E-state index < -0.39 is 0 Å². The summed E-state index contributed by atoms with van der Waals surface area (Å²) in [4.78, 5) is 0. The van der Waals surface area contributed by atoms with Gasteiger partial charge >= 0.3 is 0 Å². The van der Waals surface area contributed by atoms with E-state index in [0.29, 0.717) is 0 Å². The first-order chi connectivity index (χ1) is 7.24. The van der Waals surface area contributed by atoms with E-state index in [2.05, 4.69) is 50.3 Å². The fourth-order valence-electron chi connectivity index (χ4n) is 1.29. The SMILES string of the molecule is CC1=[C-]CC=C1C.[Br-].[Br-].[Hf].[SiH2]Cc1ccccc1. The number of hydrogen-bond acceptors (Lipinski definition) is 0. The second-order valence-electron chi connectivity index (χ2n) is 3.63. The van der Waals surface area contributed by atoms with E-state index in [1.54, 1.807) is 0 Å². The topological polar surface area (TPSA) is 0 Å². The Hall–Kier alpha value is 0.747. The first kappa shape index (κ1) is 23.8. The molecule has 4 heteroatoms. The molecule has 1 aliphatic carbocycles. The van der Waals surface area contributed by atoms with E-state index >= 15 is 0 Å². The summed E-state index contributed by atoms with van der Waals surface area (Å²) >= 11 is 0. The summed E-state index contributed by atoms with van der Waals surface area (Å²) in [7, 11) is 1.98. The summed E-state index contributed by atoms with van der Waals surface area (Å²) in [6.07, 6.45) is 6.41. The Morgan fingerprint density at radius 1 is 1.11 bits per heavy atom. The molecular formula is C14H18Br2HfSi-3. The summed E-state index contributed by atoms with van der Waals surface area (Å²) < 4.78 is 0. The molecule has 18 heavy (non-hydrogen) atoms. The van der Waals surface area contributed by atoms with Crippen molar-refractivity contribution in [1.82, 2.24) is 0 Å². The minimum Gasteiger partial charge on any atom is -1.00 e. The Morgan fingerprint density at radius 2 is 1.67 bits per heavy atom. The third-order valence-corrected chi connectivity index (χ3v) is 3.08. The monoisotopic (exact) mass is 552 g/mol. The zero-order chi connectivity index (χ0) is 11.1. The van der Waals surface area contributed by atoms with E-state index in [-0.39, 0.29) is 59.8 Å². The van der Waals surface area contributed by atoms with Crippen molar-refractivity contribution in [1.29, 1.82) is 0 Å². The Kier molecular flexibility index (Phi) is 18.7. The fourth-order valence-corrected chi connectivity index (χ4v) is 1.63. The van der Waals surface area contributed by atoms with Crippen molar-refractivity contribution in [2.24, 2.45) is 0 Å². The zero-order valence-electron chi connectivity index (χ0n) is 10.8. The molecule has 0 saturated heterocycles. The quantitative estimate of drug-likeness (QED) is 0.256. The third-order valence-electron chi connectivity index (χ3n) is 2.50. The number of allylic oxidation sites excluding steroid dienone is 4. The molecule has 0 unspecified atom stereocenters. The molecule has 0 atom stereocenters. The minimum absolute atomic E-state index is 0. The van der Waals surface area contributed by atoms with Crippen molar-refractivity contribution in [3.8, 4) is 0 Å². The maximum Gasteiger partial charge on any atom is 0.0138 e. The van der Waals surface area contributed by atoms with E-state index in [9.17, 15) is 0 Å². The predicted molar refractivity (Wildman–Crippen MR) is 69.5 cm³/mol. The van der Waals surface area contributed by atoms with Crippen LogP contribution in [-0.2, 0) is 31.9 Å². The molecule has 0 amide bonds. The Morgan fingerprint density at radius 3 is 1.89 bits per heavy atom. The van der Waals surface area contributed by atoms with Gasteiger partial charge in [-0.15, -0.1) is 13.3 Å².